The number of aromatic amines is 1. The fraction of sp³-hybridized carbons (Fsp3) is 0.105. The maximum absolute atomic E-state index is 12.5. The molecule has 2 N–H and O–H groups in total. The van der Waals surface area contributed by atoms with E-state index in [1.807, 2.05) is 12.1 Å². The maximum Gasteiger partial charge on any atom is 0.340 e. The molecule has 4 aromatic rings. The summed E-state index contributed by atoms with van der Waals surface area (Å²) in [6, 6.07) is 12.4. The third kappa shape index (κ3) is 3.75. The smallest absolute Gasteiger partial charge is 0.340 e. The highest BCUT2D eigenvalue weighted by molar-refractivity contribution is 7.17. The van der Waals surface area contributed by atoms with Crippen molar-refractivity contribution in [2.45, 2.75) is 13.2 Å². The fourth-order valence-corrected chi connectivity index (χ4v) is 3.34. The Morgan fingerprint density at radius 2 is 2.11 bits per heavy atom. The predicted octanol–water partition coefficient (Wildman–Crippen LogP) is 3.55. The van der Waals surface area contributed by atoms with Crippen molar-refractivity contribution in [2.24, 2.45) is 0 Å². The van der Waals surface area contributed by atoms with E-state index < -0.39 is 5.97 Å². The zero-order valence-corrected chi connectivity index (χ0v) is 14.9. The number of furan rings is 1. The summed E-state index contributed by atoms with van der Waals surface area (Å²) in [4.78, 5) is 31.4. The van der Waals surface area contributed by atoms with Crippen LogP contribution >= 0.6 is 11.3 Å². The van der Waals surface area contributed by atoms with Crippen molar-refractivity contribution in [1.82, 2.24) is 9.97 Å². The molecule has 0 atom stereocenters. The highest BCUT2D eigenvalue weighted by atomic mass is 32.1. The Morgan fingerprint density at radius 3 is 2.96 bits per heavy atom. The van der Waals surface area contributed by atoms with Gasteiger partial charge in [0.2, 0.25) is 0 Å². The molecule has 0 saturated heterocycles. The van der Waals surface area contributed by atoms with Crippen LogP contribution in [0.1, 0.15) is 21.9 Å². The first-order chi connectivity index (χ1) is 13.2. The molecular formula is C19H15N3O4S. The number of hydrogen-bond acceptors (Lipinski definition) is 7. The van der Waals surface area contributed by atoms with E-state index in [0.717, 1.165) is 5.76 Å². The van der Waals surface area contributed by atoms with Gasteiger partial charge in [-0.15, -0.1) is 11.3 Å². The largest absolute Gasteiger partial charge is 0.467 e. The summed E-state index contributed by atoms with van der Waals surface area (Å²) in [5.74, 6) is 0.551. The number of esters is 1. The number of benzene rings is 1. The van der Waals surface area contributed by atoms with E-state index in [-0.39, 0.29) is 12.2 Å². The Balaban J connectivity index is 1.46. The molecule has 0 aliphatic rings. The summed E-state index contributed by atoms with van der Waals surface area (Å²) in [5, 5.41) is 4.95. The van der Waals surface area contributed by atoms with Crippen molar-refractivity contribution >= 4 is 33.2 Å². The van der Waals surface area contributed by atoms with Crippen LogP contribution in [-0.2, 0) is 17.9 Å². The van der Waals surface area contributed by atoms with Crippen LogP contribution in [0, 0.1) is 0 Å². The average Bonchev–Trinajstić information content (AvgIpc) is 3.36. The molecule has 0 unspecified atom stereocenters. The summed E-state index contributed by atoms with van der Waals surface area (Å²) < 4.78 is 11.2. The molecule has 0 spiro atoms. The molecule has 27 heavy (non-hydrogen) atoms. The topological polar surface area (TPSA) is 97.2 Å². The zero-order valence-electron chi connectivity index (χ0n) is 14.1. The Kier molecular flexibility index (Phi) is 4.71. The Labute approximate surface area is 157 Å². The van der Waals surface area contributed by atoms with Gasteiger partial charge in [0.15, 0.2) is 0 Å². The van der Waals surface area contributed by atoms with Gasteiger partial charge in [-0.05, 0) is 35.7 Å². The molecular weight excluding hydrogens is 366 g/mol. The number of carbonyl (C=O) groups is 1. The Bertz CT molecular complexity index is 1130. The lowest BCUT2D eigenvalue weighted by Crippen LogP contribution is -2.14. The summed E-state index contributed by atoms with van der Waals surface area (Å²) >= 11 is 1.32. The summed E-state index contributed by atoms with van der Waals surface area (Å²) in [7, 11) is 0. The SMILES string of the molecule is O=C(OCc1nc2ccsc2c(=O)[nH]1)c1ccccc1NCc1ccco1. The number of hydrogen-bond donors (Lipinski definition) is 2. The highest BCUT2D eigenvalue weighted by Crippen LogP contribution is 2.18. The van der Waals surface area contributed by atoms with Gasteiger partial charge in [0, 0.05) is 5.69 Å². The maximum atomic E-state index is 12.5. The number of nitrogens with zero attached hydrogens (tertiary/aromatic N) is 1. The first-order valence-corrected chi connectivity index (χ1v) is 9.07. The first-order valence-electron chi connectivity index (χ1n) is 8.19. The monoisotopic (exact) mass is 381 g/mol. The molecule has 0 aliphatic heterocycles. The minimum absolute atomic E-state index is 0.119. The molecule has 0 radical (unpaired) electrons. The van der Waals surface area contributed by atoms with Crippen LogP contribution in [0.25, 0.3) is 10.2 Å². The van der Waals surface area contributed by atoms with Gasteiger partial charge in [0.25, 0.3) is 5.56 Å². The second-order valence-corrected chi connectivity index (χ2v) is 6.62. The average molecular weight is 381 g/mol. The molecule has 3 aromatic heterocycles. The standard InChI is InChI=1S/C19H15N3O4S/c23-18-17-15(7-9-27-17)21-16(22-18)11-26-19(24)13-5-1-2-6-14(13)20-10-12-4-3-8-25-12/h1-9,20H,10-11H2,(H,21,22,23). The van der Waals surface area contributed by atoms with Crippen LogP contribution in [-0.4, -0.2) is 15.9 Å². The summed E-state index contributed by atoms with van der Waals surface area (Å²) in [6.07, 6.45) is 1.59. The van der Waals surface area contributed by atoms with E-state index in [2.05, 4.69) is 15.3 Å². The van der Waals surface area contributed by atoms with E-state index >= 15 is 0 Å². The zero-order chi connectivity index (χ0) is 18.6. The van der Waals surface area contributed by atoms with E-state index in [9.17, 15) is 9.59 Å². The molecule has 0 fully saturated rings. The lowest BCUT2D eigenvalue weighted by atomic mass is 10.2. The van der Waals surface area contributed by atoms with Gasteiger partial charge in [-0.1, -0.05) is 12.1 Å². The van der Waals surface area contributed by atoms with Crippen LogP contribution in [0.4, 0.5) is 5.69 Å². The van der Waals surface area contributed by atoms with Crippen molar-refractivity contribution in [3.05, 3.63) is 81.6 Å². The van der Waals surface area contributed by atoms with E-state index in [4.69, 9.17) is 9.15 Å². The van der Waals surface area contributed by atoms with Gasteiger partial charge < -0.3 is 19.5 Å². The number of ether oxygens (including phenoxy) is 1. The molecule has 0 amide bonds. The number of carbonyl (C=O) groups excluding carboxylic acids is 1. The Hall–Kier alpha value is -3.39. The second-order valence-electron chi connectivity index (χ2n) is 5.70. The molecule has 0 aliphatic carbocycles. The van der Waals surface area contributed by atoms with Crippen molar-refractivity contribution in [1.29, 1.82) is 0 Å². The number of aromatic nitrogens is 2. The number of fused-ring (bicyclic) bond motifs is 1. The van der Waals surface area contributed by atoms with Gasteiger partial charge in [-0.3, -0.25) is 4.79 Å². The minimum atomic E-state index is -0.509. The van der Waals surface area contributed by atoms with E-state index in [1.54, 1.807) is 42.0 Å². The minimum Gasteiger partial charge on any atom is -0.467 e. The van der Waals surface area contributed by atoms with Gasteiger partial charge in [-0.25, -0.2) is 9.78 Å². The number of thiophene rings is 1. The van der Waals surface area contributed by atoms with Gasteiger partial charge in [0.1, 0.15) is 22.9 Å². The van der Waals surface area contributed by atoms with Crippen molar-refractivity contribution in [2.75, 3.05) is 5.32 Å². The lowest BCUT2D eigenvalue weighted by molar-refractivity contribution is 0.0463. The molecule has 3 heterocycles. The third-order valence-electron chi connectivity index (χ3n) is 3.88. The number of rotatable bonds is 6. The third-order valence-corrected chi connectivity index (χ3v) is 4.79. The van der Waals surface area contributed by atoms with Crippen LogP contribution in [0.3, 0.4) is 0 Å². The lowest BCUT2D eigenvalue weighted by Gasteiger charge is -2.11. The molecule has 7 nitrogen and oxygen atoms in total. The molecule has 136 valence electrons. The quantitative estimate of drug-likeness (QED) is 0.496. The number of anilines is 1. The van der Waals surface area contributed by atoms with Gasteiger partial charge >= 0.3 is 5.97 Å². The van der Waals surface area contributed by atoms with Crippen LogP contribution in [0.5, 0.6) is 0 Å². The predicted molar refractivity (Wildman–Crippen MR) is 102 cm³/mol. The van der Waals surface area contributed by atoms with Crippen LogP contribution < -0.4 is 10.9 Å². The molecule has 4 rings (SSSR count). The first kappa shape index (κ1) is 17.0. The van der Waals surface area contributed by atoms with Crippen molar-refractivity contribution in [3.8, 4) is 0 Å². The van der Waals surface area contributed by atoms with Gasteiger partial charge in [0.05, 0.1) is 23.9 Å². The number of H-pyrrole nitrogens is 1. The summed E-state index contributed by atoms with van der Waals surface area (Å²) in [5.41, 5.74) is 1.38. The van der Waals surface area contributed by atoms with Crippen molar-refractivity contribution < 1.29 is 13.9 Å². The molecule has 0 bridgehead atoms. The second kappa shape index (κ2) is 7.46. The molecule has 1 aromatic carbocycles. The number of nitrogens with one attached hydrogen (secondary N) is 2. The van der Waals surface area contributed by atoms with Crippen molar-refractivity contribution in [3.63, 3.8) is 0 Å². The normalized spacial score (nSPS) is 10.8. The Morgan fingerprint density at radius 1 is 1.22 bits per heavy atom. The van der Waals surface area contributed by atoms with Gasteiger partial charge in [-0.2, -0.15) is 0 Å². The fourth-order valence-electron chi connectivity index (χ4n) is 2.61. The molecule has 0 saturated carbocycles. The summed E-state index contributed by atoms with van der Waals surface area (Å²) in [6.45, 7) is 0.327. The van der Waals surface area contributed by atoms with Crippen LogP contribution in [0.2, 0.25) is 0 Å². The number of para-hydroxylation sites is 1. The van der Waals surface area contributed by atoms with Crippen LogP contribution in [0.15, 0.2) is 63.3 Å². The highest BCUT2D eigenvalue weighted by Gasteiger charge is 2.14. The molecule has 8 heteroatoms. The van der Waals surface area contributed by atoms with E-state index in [1.165, 1.54) is 11.3 Å². The van der Waals surface area contributed by atoms with E-state index in [0.29, 0.717) is 33.8 Å².